The van der Waals surface area contributed by atoms with Gasteiger partial charge in [0, 0.05) is 6.07 Å². The van der Waals surface area contributed by atoms with E-state index >= 15 is 0 Å². The van der Waals surface area contributed by atoms with Crippen molar-refractivity contribution < 1.29 is 14.4 Å². The molecule has 0 spiro atoms. The minimum Gasteiger partial charge on any atom is -0.492 e. The van der Waals surface area contributed by atoms with E-state index in [2.05, 4.69) is 22.9 Å². The lowest BCUT2D eigenvalue weighted by molar-refractivity contribution is -0.386. The second-order valence-electron chi connectivity index (χ2n) is 4.41. The molecule has 5 nitrogen and oxygen atoms in total. The predicted molar refractivity (Wildman–Crippen MR) is 81.6 cm³/mol. The van der Waals surface area contributed by atoms with Gasteiger partial charge in [0.15, 0.2) is 5.75 Å². The molecule has 0 heterocycles. The molecular formula is C14H20BrNO4. The molecule has 0 unspecified atom stereocenters. The monoisotopic (exact) mass is 345 g/mol. The van der Waals surface area contributed by atoms with Gasteiger partial charge in [-0.1, -0.05) is 26.7 Å². The van der Waals surface area contributed by atoms with Crippen molar-refractivity contribution in [2.45, 2.75) is 39.5 Å². The van der Waals surface area contributed by atoms with E-state index in [0.29, 0.717) is 23.4 Å². The highest BCUT2D eigenvalue weighted by Crippen LogP contribution is 2.37. The molecule has 0 aliphatic heterocycles. The van der Waals surface area contributed by atoms with Crippen LogP contribution < -0.4 is 9.47 Å². The van der Waals surface area contributed by atoms with Gasteiger partial charge in [-0.3, -0.25) is 10.1 Å². The summed E-state index contributed by atoms with van der Waals surface area (Å²) in [7, 11) is 0. The largest absolute Gasteiger partial charge is 0.492 e. The second-order valence-corrected chi connectivity index (χ2v) is 5.27. The second kappa shape index (κ2) is 8.79. The standard InChI is InChI=1S/C14H20BrNO4/c1-3-5-7-19-13-10-12(16(17)18)14(9-11(13)15)20-8-6-4-2/h9-10H,3-8H2,1-2H3. The van der Waals surface area contributed by atoms with Gasteiger partial charge >= 0.3 is 5.69 Å². The maximum atomic E-state index is 11.1. The lowest BCUT2D eigenvalue weighted by Gasteiger charge is -2.11. The van der Waals surface area contributed by atoms with E-state index in [9.17, 15) is 10.1 Å². The fourth-order valence-electron chi connectivity index (χ4n) is 1.55. The van der Waals surface area contributed by atoms with Crippen LogP contribution in [0.3, 0.4) is 0 Å². The van der Waals surface area contributed by atoms with Crippen LogP contribution in [0.15, 0.2) is 16.6 Å². The zero-order valence-electron chi connectivity index (χ0n) is 11.9. The number of unbranched alkanes of at least 4 members (excludes halogenated alkanes) is 2. The first-order chi connectivity index (χ1) is 9.60. The van der Waals surface area contributed by atoms with Crippen molar-refractivity contribution in [3.8, 4) is 11.5 Å². The Morgan fingerprint density at radius 3 is 2.15 bits per heavy atom. The van der Waals surface area contributed by atoms with Crippen LogP contribution in [0.2, 0.25) is 0 Å². The van der Waals surface area contributed by atoms with Crippen LogP contribution >= 0.6 is 15.9 Å². The molecule has 0 atom stereocenters. The zero-order valence-corrected chi connectivity index (χ0v) is 13.4. The highest BCUT2D eigenvalue weighted by atomic mass is 79.9. The average molecular weight is 346 g/mol. The first-order valence-corrected chi connectivity index (χ1v) is 7.63. The Labute approximate surface area is 127 Å². The summed E-state index contributed by atoms with van der Waals surface area (Å²) in [5.41, 5.74) is -0.0594. The Morgan fingerprint density at radius 2 is 1.65 bits per heavy atom. The third kappa shape index (κ3) is 5.00. The smallest absolute Gasteiger partial charge is 0.314 e. The van der Waals surface area contributed by atoms with E-state index in [-0.39, 0.29) is 11.4 Å². The van der Waals surface area contributed by atoms with Gasteiger partial charge in [0.05, 0.1) is 28.7 Å². The summed E-state index contributed by atoms with van der Waals surface area (Å²) in [6.07, 6.45) is 3.77. The van der Waals surface area contributed by atoms with Gasteiger partial charge < -0.3 is 9.47 Å². The normalized spacial score (nSPS) is 10.3. The van der Waals surface area contributed by atoms with Crippen LogP contribution in [0.25, 0.3) is 0 Å². The minimum absolute atomic E-state index is 0.0594. The van der Waals surface area contributed by atoms with Crippen molar-refractivity contribution >= 4 is 21.6 Å². The maximum Gasteiger partial charge on any atom is 0.314 e. The molecule has 0 aliphatic rings. The van der Waals surface area contributed by atoms with Gasteiger partial charge in [0.1, 0.15) is 5.75 Å². The molecule has 0 N–H and O–H groups in total. The molecule has 0 aromatic heterocycles. The molecule has 0 saturated carbocycles. The van der Waals surface area contributed by atoms with Crippen molar-refractivity contribution in [2.24, 2.45) is 0 Å². The van der Waals surface area contributed by atoms with Crippen molar-refractivity contribution in [2.75, 3.05) is 13.2 Å². The van der Waals surface area contributed by atoms with Crippen LogP contribution in [0.1, 0.15) is 39.5 Å². The summed E-state index contributed by atoms with van der Waals surface area (Å²) in [6, 6.07) is 3.02. The number of nitrogens with zero attached hydrogens (tertiary/aromatic N) is 1. The fourth-order valence-corrected chi connectivity index (χ4v) is 1.98. The molecule has 1 rings (SSSR count). The molecule has 1 aromatic rings. The summed E-state index contributed by atoms with van der Waals surface area (Å²) in [4.78, 5) is 10.7. The van der Waals surface area contributed by atoms with Crippen LogP contribution in [0.4, 0.5) is 5.69 Å². The molecule has 0 amide bonds. The van der Waals surface area contributed by atoms with Gasteiger partial charge in [-0.05, 0) is 28.8 Å². The molecule has 20 heavy (non-hydrogen) atoms. The van der Waals surface area contributed by atoms with Crippen LogP contribution in [-0.2, 0) is 0 Å². The molecule has 0 aliphatic carbocycles. The number of hydrogen-bond donors (Lipinski definition) is 0. The lowest BCUT2D eigenvalue weighted by Crippen LogP contribution is -2.02. The van der Waals surface area contributed by atoms with Gasteiger partial charge in [-0.25, -0.2) is 0 Å². The van der Waals surface area contributed by atoms with Crippen LogP contribution in [0, 0.1) is 10.1 Å². The Hall–Kier alpha value is -1.30. The Bertz CT molecular complexity index is 451. The van der Waals surface area contributed by atoms with Gasteiger partial charge in [-0.15, -0.1) is 0 Å². The molecule has 0 radical (unpaired) electrons. The van der Waals surface area contributed by atoms with Crippen molar-refractivity contribution in [1.82, 2.24) is 0 Å². The number of ether oxygens (including phenoxy) is 2. The van der Waals surface area contributed by atoms with Crippen molar-refractivity contribution in [3.05, 3.63) is 26.7 Å². The molecule has 6 heteroatoms. The molecule has 0 saturated heterocycles. The quantitative estimate of drug-likeness (QED) is 0.369. The molecule has 0 fully saturated rings. The first kappa shape index (κ1) is 16.8. The van der Waals surface area contributed by atoms with E-state index in [1.807, 2.05) is 6.92 Å². The number of halogens is 1. The van der Waals surface area contributed by atoms with Crippen LogP contribution in [-0.4, -0.2) is 18.1 Å². The third-order valence-electron chi connectivity index (χ3n) is 2.72. The number of benzene rings is 1. The van der Waals surface area contributed by atoms with Gasteiger partial charge in [0.2, 0.25) is 0 Å². The molecule has 0 bridgehead atoms. The summed E-state index contributed by atoms with van der Waals surface area (Å²) < 4.78 is 11.7. The molecular weight excluding hydrogens is 326 g/mol. The van der Waals surface area contributed by atoms with E-state index in [0.717, 1.165) is 25.7 Å². The number of hydrogen-bond acceptors (Lipinski definition) is 4. The van der Waals surface area contributed by atoms with Crippen molar-refractivity contribution in [1.29, 1.82) is 0 Å². The summed E-state index contributed by atoms with van der Waals surface area (Å²) >= 11 is 3.36. The summed E-state index contributed by atoms with van der Waals surface area (Å²) in [5, 5.41) is 11.1. The highest BCUT2D eigenvalue weighted by molar-refractivity contribution is 9.10. The maximum absolute atomic E-state index is 11.1. The Kier molecular flexibility index (Phi) is 7.36. The summed E-state index contributed by atoms with van der Waals surface area (Å²) in [6.45, 7) is 5.12. The molecule has 112 valence electrons. The zero-order chi connectivity index (χ0) is 15.0. The van der Waals surface area contributed by atoms with Crippen LogP contribution in [0.5, 0.6) is 11.5 Å². The minimum atomic E-state index is -0.444. The molecule has 1 aromatic carbocycles. The fraction of sp³-hybridized carbons (Fsp3) is 0.571. The Morgan fingerprint density at radius 1 is 1.10 bits per heavy atom. The SMILES string of the molecule is CCCCOc1cc([N+](=O)[O-])c(OCCCC)cc1Br. The average Bonchev–Trinajstić information content (AvgIpc) is 2.41. The number of nitro benzene ring substituents is 1. The summed E-state index contributed by atoms with van der Waals surface area (Å²) in [5.74, 6) is 0.756. The predicted octanol–water partition coefficient (Wildman–Crippen LogP) is 4.72. The highest BCUT2D eigenvalue weighted by Gasteiger charge is 2.19. The van der Waals surface area contributed by atoms with Gasteiger partial charge in [0.25, 0.3) is 0 Å². The Balaban J connectivity index is 2.89. The lowest BCUT2D eigenvalue weighted by atomic mass is 10.2. The number of rotatable bonds is 9. The third-order valence-corrected chi connectivity index (χ3v) is 3.34. The topological polar surface area (TPSA) is 61.6 Å². The van der Waals surface area contributed by atoms with Gasteiger partial charge in [-0.2, -0.15) is 0 Å². The number of nitro groups is 1. The van der Waals surface area contributed by atoms with E-state index in [1.54, 1.807) is 6.07 Å². The van der Waals surface area contributed by atoms with E-state index in [4.69, 9.17) is 9.47 Å². The van der Waals surface area contributed by atoms with E-state index in [1.165, 1.54) is 6.07 Å². The first-order valence-electron chi connectivity index (χ1n) is 6.83. The van der Waals surface area contributed by atoms with Crippen molar-refractivity contribution in [3.63, 3.8) is 0 Å². The van der Waals surface area contributed by atoms with E-state index < -0.39 is 4.92 Å².